The molecule has 1 aliphatic heterocycles. The lowest BCUT2D eigenvalue weighted by Gasteiger charge is -2.56. The van der Waals surface area contributed by atoms with Crippen molar-refractivity contribution >= 4 is 17.9 Å². The lowest BCUT2D eigenvalue weighted by atomic mass is 9.53. The third kappa shape index (κ3) is 4.11. The molecule has 0 aromatic heterocycles. The summed E-state index contributed by atoms with van der Waals surface area (Å²) in [5.74, 6) is 1.07. The van der Waals surface area contributed by atoms with Crippen molar-refractivity contribution in [3.8, 4) is 0 Å². The minimum Gasteiger partial charge on any atom is -0.479 e. The fraction of sp³-hybridized carbons (Fsp3) is 0.850. The van der Waals surface area contributed by atoms with Gasteiger partial charge in [-0.25, -0.2) is 9.59 Å². The van der Waals surface area contributed by atoms with E-state index in [0.717, 1.165) is 37.0 Å². The maximum absolute atomic E-state index is 12.4. The monoisotopic (exact) mass is 393 g/mol. The molecular weight excluding hydrogens is 362 g/mol. The standard InChI is InChI=1S/C20H31N3O5/c1-12-10-23(11-16(28-12)18(25)26)17(24)2-3-21-19(27)22-20-7-13-4-14(8-20)6-15(5-13)9-20/h12-16H,2-11H2,1H3,(H,25,26)(H2,21,22,27)/t12-,13?,14?,15?,16?,20?/m1/s1. The smallest absolute Gasteiger partial charge is 0.334 e. The van der Waals surface area contributed by atoms with Crippen molar-refractivity contribution in [3.63, 3.8) is 0 Å². The molecule has 1 heterocycles. The quantitative estimate of drug-likeness (QED) is 0.653. The Morgan fingerprint density at radius 2 is 1.68 bits per heavy atom. The molecule has 5 aliphatic rings. The highest BCUT2D eigenvalue weighted by molar-refractivity contribution is 5.80. The van der Waals surface area contributed by atoms with Gasteiger partial charge in [-0.05, 0) is 63.2 Å². The normalized spacial score (nSPS) is 38.9. The van der Waals surface area contributed by atoms with Crippen LogP contribution in [0, 0.1) is 17.8 Å². The van der Waals surface area contributed by atoms with Gasteiger partial charge in [-0.2, -0.15) is 0 Å². The van der Waals surface area contributed by atoms with E-state index in [1.165, 1.54) is 24.2 Å². The third-order valence-corrected chi connectivity index (χ3v) is 6.93. The molecule has 156 valence electrons. The summed E-state index contributed by atoms with van der Waals surface area (Å²) in [7, 11) is 0. The van der Waals surface area contributed by atoms with E-state index in [-0.39, 0.29) is 43.1 Å². The Bertz CT molecular complexity index is 616. The Labute approximate surface area is 165 Å². The first-order valence-corrected chi connectivity index (χ1v) is 10.5. The van der Waals surface area contributed by atoms with E-state index in [9.17, 15) is 14.4 Å². The highest BCUT2D eigenvalue weighted by atomic mass is 16.5. The van der Waals surface area contributed by atoms with Crippen LogP contribution < -0.4 is 10.6 Å². The van der Waals surface area contributed by atoms with E-state index in [2.05, 4.69) is 10.6 Å². The second-order valence-electron chi connectivity index (χ2n) is 9.40. The summed E-state index contributed by atoms with van der Waals surface area (Å²) < 4.78 is 5.33. The van der Waals surface area contributed by atoms with Crippen molar-refractivity contribution in [2.45, 2.75) is 69.6 Å². The largest absolute Gasteiger partial charge is 0.479 e. The first kappa shape index (κ1) is 19.5. The van der Waals surface area contributed by atoms with Crippen LogP contribution in [0.3, 0.4) is 0 Å². The predicted molar refractivity (Wildman–Crippen MR) is 101 cm³/mol. The number of morpholine rings is 1. The van der Waals surface area contributed by atoms with Gasteiger partial charge in [0.15, 0.2) is 6.10 Å². The summed E-state index contributed by atoms with van der Waals surface area (Å²) in [6, 6.07) is -0.187. The zero-order valence-electron chi connectivity index (χ0n) is 16.5. The second-order valence-corrected chi connectivity index (χ2v) is 9.40. The van der Waals surface area contributed by atoms with E-state index in [1.54, 1.807) is 6.92 Å². The number of hydrogen-bond acceptors (Lipinski definition) is 4. The molecular formula is C20H31N3O5. The number of nitrogens with one attached hydrogen (secondary N) is 2. The van der Waals surface area contributed by atoms with Gasteiger partial charge >= 0.3 is 12.0 Å². The van der Waals surface area contributed by atoms with Crippen LogP contribution in [0.1, 0.15) is 51.9 Å². The molecule has 4 aliphatic carbocycles. The Hall–Kier alpha value is -1.83. The average Bonchev–Trinajstić information content (AvgIpc) is 2.59. The van der Waals surface area contributed by atoms with Crippen LogP contribution in [0.15, 0.2) is 0 Å². The summed E-state index contributed by atoms with van der Waals surface area (Å²) in [5.41, 5.74) is -0.0445. The predicted octanol–water partition coefficient (Wildman–Crippen LogP) is 1.35. The SMILES string of the molecule is C[C@@H]1CN(C(=O)CCNC(=O)NC23CC4CC(CC(C4)C2)C3)CC(C(=O)O)O1. The van der Waals surface area contributed by atoms with Gasteiger partial charge in [0.1, 0.15) is 0 Å². The zero-order valence-corrected chi connectivity index (χ0v) is 16.5. The molecule has 0 aromatic rings. The Morgan fingerprint density at radius 3 is 2.25 bits per heavy atom. The van der Waals surface area contributed by atoms with Crippen molar-refractivity contribution in [1.29, 1.82) is 0 Å². The third-order valence-electron chi connectivity index (χ3n) is 6.93. The molecule has 8 heteroatoms. The Morgan fingerprint density at radius 1 is 1.07 bits per heavy atom. The highest BCUT2D eigenvalue weighted by Gasteiger charge is 2.51. The Kier molecular flexibility index (Phi) is 5.24. The molecule has 0 aromatic carbocycles. The maximum Gasteiger partial charge on any atom is 0.334 e. The number of ether oxygens (including phenoxy) is 1. The van der Waals surface area contributed by atoms with Crippen molar-refractivity contribution in [2.75, 3.05) is 19.6 Å². The van der Waals surface area contributed by atoms with Gasteiger partial charge < -0.3 is 25.4 Å². The second kappa shape index (κ2) is 7.54. The number of rotatable bonds is 5. The Balaban J connectivity index is 1.22. The number of hydrogen-bond donors (Lipinski definition) is 3. The number of carboxylic acid groups (broad SMARTS) is 1. The lowest BCUT2D eigenvalue weighted by Crippen LogP contribution is -2.61. The number of amides is 3. The number of urea groups is 1. The van der Waals surface area contributed by atoms with Gasteiger partial charge in [0, 0.05) is 25.0 Å². The number of carbonyl (C=O) groups is 3. The molecule has 3 N–H and O–H groups in total. The van der Waals surface area contributed by atoms with Crippen LogP contribution in [-0.4, -0.2) is 65.3 Å². The molecule has 28 heavy (non-hydrogen) atoms. The number of carbonyl (C=O) groups excluding carboxylic acids is 2. The van der Waals surface area contributed by atoms with E-state index in [1.807, 2.05) is 0 Å². The molecule has 5 fully saturated rings. The average molecular weight is 393 g/mol. The molecule has 0 spiro atoms. The van der Waals surface area contributed by atoms with Gasteiger partial charge in [0.25, 0.3) is 0 Å². The zero-order chi connectivity index (χ0) is 19.9. The molecule has 8 nitrogen and oxygen atoms in total. The summed E-state index contributed by atoms with van der Waals surface area (Å²) in [6.07, 6.45) is 6.11. The van der Waals surface area contributed by atoms with Crippen LogP contribution in [0.25, 0.3) is 0 Å². The molecule has 1 saturated heterocycles. The molecule has 0 radical (unpaired) electrons. The number of nitrogens with zero attached hydrogens (tertiary/aromatic N) is 1. The van der Waals surface area contributed by atoms with E-state index in [4.69, 9.17) is 9.84 Å². The molecule has 5 rings (SSSR count). The van der Waals surface area contributed by atoms with Crippen molar-refractivity contribution in [1.82, 2.24) is 15.5 Å². The van der Waals surface area contributed by atoms with Crippen LogP contribution >= 0.6 is 0 Å². The maximum atomic E-state index is 12.4. The van der Waals surface area contributed by atoms with Crippen molar-refractivity contribution in [2.24, 2.45) is 17.8 Å². The minimum atomic E-state index is -1.06. The summed E-state index contributed by atoms with van der Waals surface area (Å²) in [5, 5.41) is 15.2. The topological polar surface area (TPSA) is 108 Å². The van der Waals surface area contributed by atoms with Crippen molar-refractivity contribution < 1.29 is 24.2 Å². The van der Waals surface area contributed by atoms with Gasteiger partial charge in [0.05, 0.1) is 12.6 Å². The van der Waals surface area contributed by atoms with Crippen LogP contribution in [0.2, 0.25) is 0 Å². The molecule has 1 unspecified atom stereocenters. The summed E-state index contributed by atoms with van der Waals surface area (Å²) >= 11 is 0. The number of carboxylic acids is 1. The van der Waals surface area contributed by atoms with Gasteiger partial charge in [-0.15, -0.1) is 0 Å². The minimum absolute atomic E-state index is 0.0445. The van der Waals surface area contributed by atoms with Gasteiger partial charge in [-0.3, -0.25) is 4.79 Å². The molecule has 2 atom stereocenters. The van der Waals surface area contributed by atoms with E-state index >= 15 is 0 Å². The van der Waals surface area contributed by atoms with Crippen LogP contribution in [0.5, 0.6) is 0 Å². The first-order valence-electron chi connectivity index (χ1n) is 10.5. The van der Waals surface area contributed by atoms with Gasteiger partial charge in [0.2, 0.25) is 5.91 Å². The molecule has 3 amide bonds. The molecule has 4 saturated carbocycles. The van der Waals surface area contributed by atoms with Gasteiger partial charge in [-0.1, -0.05) is 0 Å². The summed E-state index contributed by atoms with van der Waals surface area (Å²) in [4.78, 5) is 37.5. The highest BCUT2D eigenvalue weighted by Crippen LogP contribution is 2.55. The number of aliphatic carboxylic acids is 1. The molecule has 4 bridgehead atoms. The lowest BCUT2D eigenvalue weighted by molar-refractivity contribution is -0.166. The van der Waals surface area contributed by atoms with Crippen molar-refractivity contribution in [3.05, 3.63) is 0 Å². The van der Waals surface area contributed by atoms with E-state index < -0.39 is 12.1 Å². The van der Waals surface area contributed by atoms with Crippen LogP contribution in [-0.2, 0) is 14.3 Å². The fourth-order valence-corrected chi connectivity index (χ4v) is 6.28. The summed E-state index contributed by atoms with van der Waals surface area (Å²) in [6.45, 7) is 2.44. The van der Waals surface area contributed by atoms with E-state index in [0.29, 0.717) is 6.54 Å². The fourth-order valence-electron chi connectivity index (χ4n) is 6.28. The van der Waals surface area contributed by atoms with Crippen LogP contribution in [0.4, 0.5) is 4.79 Å². The first-order chi connectivity index (χ1) is 13.3.